The lowest BCUT2D eigenvalue weighted by atomic mass is 9.91. The summed E-state index contributed by atoms with van der Waals surface area (Å²) >= 11 is 0. The fourth-order valence-electron chi connectivity index (χ4n) is 4.01. The third-order valence-corrected chi connectivity index (χ3v) is 4.82. The average Bonchev–Trinajstić information content (AvgIpc) is 2.92. The highest BCUT2D eigenvalue weighted by atomic mass is 15.3. The van der Waals surface area contributed by atoms with Crippen LogP contribution < -0.4 is 5.32 Å². The number of hydrogen-bond donors (Lipinski definition) is 1. The van der Waals surface area contributed by atoms with E-state index in [9.17, 15) is 0 Å². The molecule has 4 heteroatoms. The van der Waals surface area contributed by atoms with Gasteiger partial charge in [0.25, 0.3) is 0 Å². The normalized spacial score (nSPS) is 30.5. The molecule has 1 aromatic rings. The van der Waals surface area contributed by atoms with E-state index in [1.165, 1.54) is 25.1 Å². The summed E-state index contributed by atoms with van der Waals surface area (Å²) in [5, 5.41) is 12.5. The molecule has 0 radical (unpaired) electrons. The first-order chi connectivity index (χ1) is 8.96. The zero-order chi connectivity index (χ0) is 13.6. The van der Waals surface area contributed by atoms with Gasteiger partial charge >= 0.3 is 0 Å². The van der Waals surface area contributed by atoms with Crippen LogP contribution in [0.3, 0.4) is 0 Å². The van der Waals surface area contributed by atoms with E-state index in [4.69, 9.17) is 0 Å². The van der Waals surface area contributed by atoms with Gasteiger partial charge in [-0.1, -0.05) is 20.8 Å². The van der Waals surface area contributed by atoms with Crippen LogP contribution in [0.4, 0.5) is 0 Å². The minimum Gasteiger partial charge on any atom is -0.314 e. The van der Waals surface area contributed by atoms with Crippen LogP contribution in [0.15, 0.2) is 0 Å². The Morgan fingerprint density at radius 1 is 1.32 bits per heavy atom. The van der Waals surface area contributed by atoms with Gasteiger partial charge in [-0.25, -0.2) is 0 Å². The Morgan fingerprint density at radius 3 is 2.79 bits per heavy atom. The topological polar surface area (TPSA) is 42.7 Å². The SMILES string of the molecule is CC(NC1CC(C)(C)CC1C)c1nnc2n1CCC2. The Hall–Kier alpha value is -0.900. The quantitative estimate of drug-likeness (QED) is 0.910. The number of rotatable bonds is 3. The molecule has 19 heavy (non-hydrogen) atoms. The third kappa shape index (κ3) is 2.42. The van der Waals surface area contributed by atoms with Crippen molar-refractivity contribution >= 4 is 0 Å². The van der Waals surface area contributed by atoms with E-state index in [0.717, 1.165) is 24.7 Å². The second-order valence-electron chi connectivity index (χ2n) is 7.27. The van der Waals surface area contributed by atoms with Gasteiger partial charge in [-0.2, -0.15) is 0 Å². The fraction of sp³-hybridized carbons (Fsp3) is 0.867. The minimum absolute atomic E-state index is 0.306. The molecule has 2 aliphatic rings. The summed E-state index contributed by atoms with van der Waals surface area (Å²) in [7, 11) is 0. The standard InChI is InChI=1S/C15H26N4/c1-10-8-15(3,4)9-12(10)16-11(2)14-18-17-13-6-5-7-19(13)14/h10-12,16H,5-9H2,1-4H3. The van der Waals surface area contributed by atoms with Crippen molar-refractivity contribution in [2.24, 2.45) is 11.3 Å². The zero-order valence-electron chi connectivity index (χ0n) is 12.6. The fourth-order valence-corrected chi connectivity index (χ4v) is 4.01. The summed E-state index contributed by atoms with van der Waals surface area (Å²) in [6.07, 6.45) is 4.89. The van der Waals surface area contributed by atoms with E-state index in [0.29, 0.717) is 17.5 Å². The molecule has 1 N–H and O–H groups in total. The lowest BCUT2D eigenvalue weighted by Crippen LogP contribution is -2.35. The Bertz CT molecular complexity index is 463. The Morgan fingerprint density at radius 2 is 2.11 bits per heavy atom. The lowest BCUT2D eigenvalue weighted by molar-refractivity contribution is 0.351. The molecule has 3 rings (SSSR count). The molecule has 1 aliphatic carbocycles. The van der Waals surface area contributed by atoms with Gasteiger partial charge in [-0.15, -0.1) is 10.2 Å². The molecule has 0 amide bonds. The first-order valence-corrected chi connectivity index (χ1v) is 7.64. The summed E-state index contributed by atoms with van der Waals surface area (Å²) < 4.78 is 2.31. The van der Waals surface area contributed by atoms with Crippen molar-refractivity contribution in [2.75, 3.05) is 0 Å². The van der Waals surface area contributed by atoms with E-state index in [-0.39, 0.29) is 0 Å². The van der Waals surface area contributed by atoms with Gasteiger partial charge in [0, 0.05) is 19.0 Å². The lowest BCUT2D eigenvalue weighted by Gasteiger charge is -2.23. The van der Waals surface area contributed by atoms with Gasteiger partial charge in [0.05, 0.1) is 6.04 Å². The first kappa shape index (κ1) is 13.1. The van der Waals surface area contributed by atoms with Gasteiger partial charge in [-0.05, 0) is 37.5 Å². The average molecular weight is 262 g/mol. The molecular formula is C15H26N4. The smallest absolute Gasteiger partial charge is 0.149 e. The third-order valence-electron chi connectivity index (χ3n) is 4.82. The van der Waals surface area contributed by atoms with E-state index in [2.05, 4.69) is 47.8 Å². The Labute approximate surface area is 116 Å². The highest BCUT2D eigenvalue weighted by molar-refractivity contribution is 5.05. The number of aryl methyl sites for hydroxylation is 1. The maximum absolute atomic E-state index is 4.39. The van der Waals surface area contributed by atoms with Crippen molar-refractivity contribution in [1.82, 2.24) is 20.1 Å². The molecular weight excluding hydrogens is 236 g/mol. The van der Waals surface area contributed by atoms with Crippen LogP contribution in [0.1, 0.15) is 64.6 Å². The van der Waals surface area contributed by atoms with Crippen LogP contribution in [0.5, 0.6) is 0 Å². The number of hydrogen-bond acceptors (Lipinski definition) is 3. The van der Waals surface area contributed by atoms with E-state index < -0.39 is 0 Å². The van der Waals surface area contributed by atoms with Gasteiger partial charge < -0.3 is 9.88 Å². The Balaban J connectivity index is 1.70. The number of nitrogens with zero attached hydrogens (tertiary/aromatic N) is 3. The highest BCUT2D eigenvalue weighted by Gasteiger charge is 2.37. The Kier molecular flexibility index (Phi) is 3.16. The molecule has 0 saturated heterocycles. The number of aromatic nitrogens is 3. The molecule has 0 spiro atoms. The highest BCUT2D eigenvalue weighted by Crippen LogP contribution is 2.41. The first-order valence-electron chi connectivity index (χ1n) is 7.64. The van der Waals surface area contributed by atoms with Crippen molar-refractivity contribution in [3.8, 4) is 0 Å². The largest absolute Gasteiger partial charge is 0.314 e. The molecule has 2 heterocycles. The van der Waals surface area contributed by atoms with Crippen LogP contribution in [0, 0.1) is 11.3 Å². The minimum atomic E-state index is 0.306. The van der Waals surface area contributed by atoms with Crippen LogP contribution in [-0.2, 0) is 13.0 Å². The van der Waals surface area contributed by atoms with Crippen LogP contribution in [0.25, 0.3) is 0 Å². The van der Waals surface area contributed by atoms with E-state index in [1.54, 1.807) is 0 Å². The second-order valence-corrected chi connectivity index (χ2v) is 7.27. The predicted molar refractivity (Wildman–Crippen MR) is 75.9 cm³/mol. The van der Waals surface area contributed by atoms with Crippen molar-refractivity contribution in [1.29, 1.82) is 0 Å². The number of fused-ring (bicyclic) bond motifs is 1. The van der Waals surface area contributed by atoms with Gasteiger partial charge in [0.15, 0.2) is 0 Å². The molecule has 0 aromatic carbocycles. The van der Waals surface area contributed by atoms with Gasteiger partial charge in [0.2, 0.25) is 0 Å². The summed E-state index contributed by atoms with van der Waals surface area (Å²) in [5.74, 6) is 3.05. The van der Waals surface area contributed by atoms with Crippen LogP contribution >= 0.6 is 0 Å². The molecule has 106 valence electrons. The predicted octanol–water partition coefficient (Wildman–Crippen LogP) is 2.70. The molecule has 0 bridgehead atoms. The van der Waals surface area contributed by atoms with E-state index in [1.807, 2.05) is 0 Å². The monoisotopic (exact) mass is 262 g/mol. The van der Waals surface area contributed by atoms with E-state index >= 15 is 0 Å². The molecule has 1 aromatic heterocycles. The maximum atomic E-state index is 4.39. The summed E-state index contributed by atoms with van der Waals surface area (Å²) in [5.41, 5.74) is 0.476. The van der Waals surface area contributed by atoms with Crippen LogP contribution in [-0.4, -0.2) is 20.8 Å². The van der Waals surface area contributed by atoms with Crippen molar-refractivity contribution < 1.29 is 0 Å². The summed E-state index contributed by atoms with van der Waals surface area (Å²) in [6, 6.07) is 0.917. The van der Waals surface area contributed by atoms with Crippen molar-refractivity contribution in [3.05, 3.63) is 11.6 Å². The second kappa shape index (κ2) is 4.58. The molecule has 4 nitrogen and oxygen atoms in total. The summed E-state index contributed by atoms with van der Waals surface area (Å²) in [4.78, 5) is 0. The summed E-state index contributed by atoms with van der Waals surface area (Å²) in [6.45, 7) is 10.5. The van der Waals surface area contributed by atoms with Gasteiger partial charge in [0.1, 0.15) is 11.6 Å². The molecule has 1 saturated carbocycles. The molecule has 1 aliphatic heterocycles. The molecule has 3 atom stereocenters. The number of nitrogens with one attached hydrogen (secondary N) is 1. The maximum Gasteiger partial charge on any atom is 0.149 e. The molecule has 1 fully saturated rings. The van der Waals surface area contributed by atoms with Gasteiger partial charge in [-0.3, -0.25) is 0 Å². The van der Waals surface area contributed by atoms with Crippen molar-refractivity contribution in [3.63, 3.8) is 0 Å². The van der Waals surface area contributed by atoms with Crippen LogP contribution in [0.2, 0.25) is 0 Å². The van der Waals surface area contributed by atoms with Crippen molar-refractivity contribution in [2.45, 2.75) is 72.0 Å². The molecule has 3 unspecified atom stereocenters. The zero-order valence-corrected chi connectivity index (χ0v) is 12.6.